The van der Waals surface area contributed by atoms with E-state index < -0.39 is 27.0 Å². The van der Waals surface area contributed by atoms with Crippen LogP contribution in [0.2, 0.25) is 0 Å². The molecule has 0 radical (unpaired) electrons. The Balaban J connectivity index is 1.88. The number of carbonyl (C=O) groups excluding carboxylic acids is 2. The van der Waals surface area contributed by atoms with Gasteiger partial charge in [0, 0.05) is 26.6 Å². The van der Waals surface area contributed by atoms with Gasteiger partial charge in [0.1, 0.15) is 11.1 Å². The zero-order valence-electron chi connectivity index (χ0n) is 21.6. The second-order valence-corrected chi connectivity index (χ2v) is 12.9. The van der Waals surface area contributed by atoms with Crippen molar-refractivity contribution >= 4 is 50.1 Å². The molecule has 1 aliphatic rings. The van der Waals surface area contributed by atoms with Crippen molar-refractivity contribution in [1.82, 2.24) is 9.21 Å². The normalized spacial score (nSPS) is 18.2. The molecule has 1 N–H and O–H groups in total. The standard InChI is InChI=1S/C26H33FN4O4S2/c1-17(2)13-14-18(3)31-25(33)23(16-24(32)29-22-12-7-6-11-21(22)27)36-26(31)28-19-9-8-10-20(15-19)37(34,35)30(4)5/h6-12,15,17-18,23H,13-14,16H2,1-5H3,(H,29,32)/t18-,23-/m1/s1. The lowest BCUT2D eigenvalue weighted by atomic mass is 10.0. The lowest BCUT2D eigenvalue weighted by molar-refractivity contribution is -0.129. The fraction of sp³-hybridized carbons (Fsp3) is 0.423. The lowest BCUT2D eigenvalue weighted by Gasteiger charge is -2.25. The van der Waals surface area contributed by atoms with E-state index in [2.05, 4.69) is 24.2 Å². The van der Waals surface area contributed by atoms with Gasteiger partial charge >= 0.3 is 0 Å². The number of benzene rings is 2. The van der Waals surface area contributed by atoms with Crippen molar-refractivity contribution in [2.45, 2.75) is 56.2 Å². The molecule has 3 rings (SSSR count). The van der Waals surface area contributed by atoms with E-state index in [0.29, 0.717) is 16.8 Å². The van der Waals surface area contributed by atoms with Crippen LogP contribution in [0.15, 0.2) is 58.4 Å². The van der Waals surface area contributed by atoms with Crippen LogP contribution in [0.4, 0.5) is 15.8 Å². The Morgan fingerprint density at radius 1 is 1.14 bits per heavy atom. The second kappa shape index (κ2) is 12.2. The van der Waals surface area contributed by atoms with E-state index in [-0.39, 0.29) is 29.0 Å². The molecule has 1 saturated heterocycles. The minimum Gasteiger partial charge on any atom is -0.324 e. The van der Waals surface area contributed by atoms with Crippen LogP contribution < -0.4 is 5.32 Å². The molecule has 2 amide bonds. The number of halogens is 1. The van der Waals surface area contributed by atoms with Crippen molar-refractivity contribution in [2.24, 2.45) is 10.9 Å². The van der Waals surface area contributed by atoms with E-state index in [9.17, 15) is 22.4 Å². The number of para-hydroxylation sites is 1. The maximum Gasteiger partial charge on any atom is 0.242 e. The predicted molar refractivity (Wildman–Crippen MR) is 146 cm³/mol. The summed E-state index contributed by atoms with van der Waals surface area (Å²) in [5, 5.41) is 2.20. The molecule has 0 aliphatic carbocycles. The molecule has 0 spiro atoms. The zero-order valence-corrected chi connectivity index (χ0v) is 23.3. The minimum atomic E-state index is -3.66. The van der Waals surface area contributed by atoms with Crippen molar-refractivity contribution in [1.29, 1.82) is 0 Å². The van der Waals surface area contributed by atoms with Gasteiger partial charge in [-0.25, -0.2) is 22.1 Å². The van der Waals surface area contributed by atoms with E-state index in [1.54, 1.807) is 23.1 Å². The molecule has 0 aromatic heterocycles. The third-order valence-electron chi connectivity index (χ3n) is 5.91. The fourth-order valence-corrected chi connectivity index (χ4v) is 5.96. The third-order valence-corrected chi connectivity index (χ3v) is 8.87. The number of aliphatic imine (C=N–C) groups is 1. The number of anilines is 1. The van der Waals surface area contributed by atoms with Gasteiger partial charge in [-0.15, -0.1) is 0 Å². The molecule has 11 heteroatoms. The van der Waals surface area contributed by atoms with Crippen LogP contribution in [0.5, 0.6) is 0 Å². The van der Waals surface area contributed by atoms with Gasteiger partial charge in [0.2, 0.25) is 21.8 Å². The van der Waals surface area contributed by atoms with Crippen molar-refractivity contribution in [3.8, 4) is 0 Å². The number of nitrogens with one attached hydrogen (secondary N) is 1. The molecule has 0 bridgehead atoms. The summed E-state index contributed by atoms with van der Waals surface area (Å²) in [7, 11) is -0.753. The van der Waals surface area contributed by atoms with Gasteiger partial charge in [0.15, 0.2) is 5.17 Å². The Bertz CT molecular complexity index is 1280. The molecule has 2 aromatic rings. The third kappa shape index (κ3) is 7.18. The molecule has 8 nitrogen and oxygen atoms in total. The molecular formula is C26H33FN4O4S2. The van der Waals surface area contributed by atoms with Crippen LogP contribution in [0.1, 0.15) is 40.0 Å². The molecule has 0 saturated carbocycles. The quantitative estimate of drug-likeness (QED) is 0.457. The maximum atomic E-state index is 14.0. The van der Waals surface area contributed by atoms with Crippen LogP contribution in [-0.4, -0.2) is 60.0 Å². The first-order valence-electron chi connectivity index (χ1n) is 12.1. The molecule has 2 aromatic carbocycles. The number of sulfonamides is 1. The average molecular weight is 549 g/mol. The van der Waals surface area contributed by atoms with Gasteiger partial charge in [0.25, 0.3) is 0 Å². The average Bonchev–Trinajstić information content (AvgIpc) is 3.13. The molecule has 2 atom stereocenters. The Hall–Kier alpha value is -2.76. The summed E-state index contributed by atoms with van der Waals surface area (Å²) < 4.78 is 40.2. The molecular weight excluding hydrogens is 515 g/mol. The molecule has 200 valence electrons. The summed E-state index contributed by atoms with van der Waals surface area (Å²) in [4.78, 5) is 32.4. The Labute approximate surface area is 222 Å². The van der Waals surface area contributed by atoms with Crippen molar-refractivity contribution in [3.05, 3.63) is 54.3 Å². The number of hydrogen-bond acceptors (Lipinski definition) is 6. The van der Waals surface area contributed by atoms with Crippen LogP contribution in [0.3, 0.4) is 0 Å². The summed E-state index contributed by atoms with van der Waals surface area (Å²) in [5.74, 6) is -0.838. The first-order chi connectivity index (χ1) is 17.4. The fourth-order valence-electron chi connectivity index (χ4n) is 3.77. The van der Waals surface area contributed by atoms with Crippen molar-refractivity contribution in [2.75, 3.05) is 19.4 Å². The molecule has 37 heavy (non-hydrogen) atoms. The Morgan fingerprint density at radius 2 is 1.84 bits per heavy atom. The van der Waals surface area contributed by atoms with Gasteiger partial charge < -0.3 is 5.32 Å². The highest BCUT2D eigenvalue weighted by Crippen LogP contribution is 2.35. The largest absolute Gasteiger partial charge is 0.324 e. The van der Waals surface area contributed by atoms with Gasteiger partial charge in [0.05, 0.1) is 16.3 Å². The Kier molecular flexibility index (Phi) is 9.49. The first kappa shape index (κ1) is 28.8. The topological polar surface area (TPSA) is 99.1 Å². The van der Waals surface area contributed by atoms with Crippen LogP contribution in [0, 0.1) is 11.7 Å². The molecule has 1 aliphatic heterocycles. The number of rotatable bonds is 10. The minimum absolute atomic E-state index is 0.0536. The maximum absolute atomic E-state index is 14.0. The number of hydrogen-bond donors (Lipinski definition) is 1. The number of nitrogens with zero attached hydrogens (tertiary/aromatic N) is 3. The van der Waals surface area contributed by atoms with Crippen LogP contribution in [0.25, 0.3) is 0 Å². The van der Waals surface area contributed by atoms with E-state index in [0.717, 1.165) is 28.9 Å². The van der Waals surface area contributed by atoms with E-state index in [1.807, 2.05) is 6.92 Å². The summed E-state index contributed by atoms with van der Waals surface area (Å²) in [6.45, 7) is 6.15. The first-order valence-corrected chi connectivity index (χ1v) is 14.4. The van der Waals surface area contributed by atoms with E-state index in [4.69, 9.17) is 0 Å². The smallest absolute Gasteiger partial charge is 0.242 e. The van der Waals surface area contributed by atoms with Crippen molar-refractivity contribution < 1.29 is 22.4 Å². The predicted octanol–water partition coefficient (Wildman–Crippen LogP) is 4.86. The monoisotopic (exact) mass is 548 g/mol. The van der Waals surface area contributed by atoms with Gasteiger partial charge in [-0.2, -0.15) is 0 Å². The summed E-state index contributed by atoms with van der Waals surface area (Å²) >= 11 is 1.16. The second-order valence-electron chi connectivity index (χ2n) is 9.55. The number of amidine groups is 1. The van der Waals surface area contributed by atoms with Crippen LogP contribution in [-0.2, 0) is 19.6 Å². The molecule has 1 fully saturated rings. The van der Waals surface area contributed by atoms with Crippen molar-refractivity contribution in [3.63, 3.8) is 0 Å². The number of carbonyl (C=O) groups is 2. The van der Waals surface area contributed by atoms with E-state index in [1.165, 1.54) is 44.4 Å². The number of amides is 2. The van der Waals surface area contributed by atoms with Gasteiger partial charge in [-0.3, -0.25) is 14.5 Å². The number of thioether (sulfide) groups is 1. The Morgan fingerprint density at radius 3 is 2.49 bits per heavy atom. The van der Waals surface area contributed by atoms with Crippen LogP contribution >= 0.6 is 11.8 Å². The summed E-state index contributed by atoms with van der Waals surface area (Å²) in [6, 6.07) is 11.9. The highest BCUT2D eigenvalue weighted by Gasteiger charge is 2.41. The lowest BCUT2D eigenvalue weighted by Crippen LogP contribution is -2.40. The molecule has 1 heterocycles. The summed E-state index contributed by atoms with van der Waals surface area (Å²) in [6.07, 6.45) is 1.49. The SMILES string of the molecule is CC(C)CC[C@@H](C)N1C(=O)[C@@H](CC(=O)Nc2ccccc2F)SC1=Nc1cccc(S(=O)(=O)N(C)C)c1. The van der Waals surface area contributed by atoms with E-state index >= 15 is 0 Å². The highest BCUT2D eigenvalue weighted by molar-refractivity contribution is 8.15. The van der Waals surface area contributed by atoms with Gasteiger partial charge in [-0.05, 0) is 56.0 Å². The van der Waals surface area contributed by atoms with Gasteiger partial charge in [-0.1, -0.05) is 43.8 Å². The molecule has 0 unspecified atom stereocenters. The highest BCUT2D eigenvalue weighted by atomic mass is 32.2. The zero-order chi connectivity index (χ0) is 27.3. The summed E-state index contributed by atoms with van der Waals surface area (Å²) in [5.41, 5.74) is 0.439.